The summed E-state index contributed by atoms with van der Waals surface area (Å²) in [6.07, 6.45) is 1.05. The van der Waals surface area contributed by atoms with E-state index in [-0.39, 0.29) is 12.1 Å². The van der Waals surface area contributed by atoms with Crippen LogP contribution in [0.3, 0.4) is 0 Å². The van der Waals surface area contributed by atoms with E-state index in [1.807, 2.05) is 55.5 Å². The third-order valence-corrected chi connectivity index (χ3v) is 4.01. The number of nitrogens with zero attached hydrogens (tertiary/aromatic N) is 1. The molecule has 2 N–H and O–H groups in total. The van der Waals surface area contributed by atoms with Gasteiger partial charge in [0.2, 0.25) is 5.89 Å². The van der Waals surface area contributed by atoms with E-state index in [0.717, 1.165) is 16.7 Å². The molecule has 2 aromatic carbocycles. The first kappa shape index (κ1) is 17.4. The van der Waals surface area contributed by atoms with Gasteiger partial charge in [-0.05, 0) is 30.2 Å². The zero-order valence-corrected chi connectivity index (χ0v) is 14.2. The lowest BCUT2D eigenvalue weighted by Crippen LogP contribution is -2.30. The Morgan fingerprint density at radius 2 is 1.81 bits per heavy atom. The Morgan fingerprint density at radius 1 is 1.12 bits per heavy atom. The first-order valence-electron chi connectivity index (χ1n) is 8.13. The fraction of sp³-hybridized carbons (Fsp3) is 0.150. The molecule has 26 heavy (non-hydrogen) atoms. The number of aromatic nitrogens is 1. The summed E-state index contributed by atoms with van der Waals surface area (Å²) in [5.74, 6) is -1.14. The van der Waals surface area contributed by atoms with E-state index < -0.39 is 17.9 Å². The first-order chi connectivity index (χ1) is 12.5. The number of carboxylic acid groups (broad SMARTS) is 1. The molecule has 0 radical (unpaired) electrons. The molecule has 1 amide bonds. The molecule has 1 atom stereocenters. The molecule has 0 bridgehead atoms. The van der Waals surface area contributed by atoms with Crippen LogP contribution in [0.2, 0.25) is 0 Å². The smallest absolute Gasteiger partial charge is 0.305 e. The Labute approximate surface area is 150 Å². The number of carbonyl (C=O) groups is 2. The van der Waals surface area contributed by atoms with Crippen LogP contribution in [0.1, 0.15) is 34.1 Å². The van der Waals surface area contributed by atoms with Gasteiger partial charge in [-0.3, -0.25) is 9.59 Å². The molecule has 3 rings (SSSR count). The lowest BCUT2D eigenvalue weighted by Gasteiger charge is -2.18. The molecule has 1 heterocycles. The lowest BCUT2D eigenvalue weighted by molar-refractivity contribution is -0.137. The quantitative estimate of drug-likeness (QED) is 0.709. The number of benzene rings is 2. The summed E-state index contributed by atoms with van der Waals surface area (Å²) < 4.78 is 5.38. The Bertz CT molecular complexity index is 918. The van der Waals surface area contributed by atoms with Gasteiger partial charge in [0.25, 0.3) is 5.91 Å². The Kier molecular flexibility index (Phi) is 5.12. The predicted octanol–water partition coefficient (Wildman–Crippen LogP) is 3.60. The van der Waals surface area contributed by atoms with Crippen molar-refractivity contribution < 1.29 is 19.1 Å². The Hall–Kier alpha value is -3.41. The summed E-state index contributed by atoms with van der Waals surface area (Å²) in [7, 11) is 0. The van der Waals surface area contributed by atoms with Crippen LogP contribution in [-0.4, -0.2) is 22.0 Å². The molecular weight excluding hydrogens is 332 g/mol. The number of amides is 1. The third kappa shape index (κ3) is 3.97. The zero-order valence-electron chi connectivity index (χ0n) is 14.2. The van der Waals surface area contributed by atoms with Crippen molar-refractivity contribution in [2.24, 2.45) is 0 Å². The second-order valence-electron chi connectivity index (χ2n) is 5.88. The number of carbonyl (C=O) groups excluding carboxylic acids is 1. The van der Waals surface area contributed by atoms with Crippen LogP contribution < -0.4 is 5.32 Å². The van der Waals surface area contributed by atoms with Crippen molar-refractivity contribution in [3.63, 3.8) is 0 Å². The molecule has 0 aliphatic carbocycles. The normalized spacial score (nSPS) is 11.7. The molecular formula is C20H18N2O4. The molecule has 6 nitrogen and oxygen atoms in total. The second kappa shape index (κ2) is 7.65. The topological polar surface area (TPSA) is 92.4 Å². The summed E-state index contributed by atoms with van der Waals surface area (Å²) >= 11 is 0. The number of carboxylic acids is 1. The molecule has 0 saturated carbocycles. The van der Waals surface area contributed by atoms with E-state index in [0.29, 0.717) is 5.89 Å². The number of aryl methyl sites for hydroxylation is 1. The number of nitrogens with one attached hydrogen (secondary N) is 1. The molecule has 0 aliphatic rings. The summed E-state index contributed by atoms with van der Waals surface area (Å²) in [6.45, 7) is 1.87. The van der Waals surface area contributed by atoms with Crippen LogP contribution in [0, 0.1) is 6.92 Å². The van der Waals surface area contributed by atoms with Gasteiger partial charge in [0.15, 0.2) is 5.69 Å². The van der Waals surface area contributed by atoms with Crippen LogP contribution in [0.5, 0.6) is 0 Å². The second-order valence-corrected chi connectivity index (χ2v) is 5.88. The Balaban J connectivity index is 1.81. The fourth-order valence-corrected chi connectivity index (χ4v) is 2.71. The highest BCUT2D eigenvalue weighted by Gasteiger charge is 2.22. The fourth-order valence-electron chi connectivity index (χ4n) is 2.71. The molecule has 0 unspecified atom stereocenters. The zero-order chi connectivity index (χ0) is 18.5. The third-order valence-electron chi connectivity index (χ3n) is 4.01. The Morgan fingerprint density at radius 3 is 2.50 bits per heavy atom. The van der Waals surface area contributed by atoms with E-state index >= 15 is 0 Å². The maximum Gasteiger partial charge on any atom is 0.305 e. The van der Waals surface area contributed by atoms with Crippen molar-refractivity contribution in [1.82, 2.24) is 10.3 Å². The van der Waals surface area contributed by atoms with Crippen molar-refractivity contribution in [3.8, 4) is 11.5 Å². The SMILES string of the molecule is Cc1ccccc1[C@H](CC(=O)O)NC(=O)c1coc(-c2ccccc2)n1. The number of rotatable bonds is 6. The molecule has 6 heteroatoms. The predicted molar refractivity (Wildman–Crippen MR) is 95.6 cm³/mol. The summed E-state index contributed by atoms with van der Waals surface area (Å²) in [5.41, 5.74) is 2.53. The molecule has 1 aromatic heterocycles. The maximum absolute atomic E-state index is 12.5. The van der Waals surface area contributed by atoms with Gasteiger partial charge in [-0.25, -0.2) is 4.98 Å². The van der Waals surface area contributed by atoms with Crippen LogP contribution in [0.4, 0.5) is 0 Å². The highest BCUT2D eigenvalue weighted by Crippen LogP contribution is 2.22. The highest BCUT2D eigenvalue weighted by molar-refractivity contribution is 5.93. The summed E-state index contributed by atoms with van der Waals surface area (Å²) in [4.78, 5) is 28.0. The average Bonchev–Trinajstić information content (AvgIpc) is 3.12. The first-order valence-corrected chi connectivity index (χ1v) is 8.13. The van der Waals surface area contributed by atoms with Gasteiger partial charge in [0.05, 0.1) is 12.5 Å². The van der Waals surface area contributed by atoms with E-state index in [9.17, 15) is 14.7 Å². The van der Waals surface area contributed by atoms with Crippen LogP contribution in [0.15, 0.2) is 65.3 Å². The van der Waals surface area contributed by atoms with Crippen LogP contribution >= 0.6 is 0 Å². The van der Waals surface area contributed by atoms with Crippen LogP contribution in [0.25, 0.3) is 11.5 Å². The molecule has 3 aromatic rings. The highest BCUT2D eigenvalue weighted by atomic mass is 16.4. The van der Waals surface area contributed by atoms with Crippen molar-refractivity contribution in [3.05, 3.63) is 77.7 Å². The van der Waals surface area contributed by atoms with Gasteiger partial charge in [-0.2, -0.15) is 0 Å². The van der Waals surface area contributed by atoms with Crippen molar-refractivity contribution in [2.75, 3.05) is 0 Å². The molecule has 0 aliphatic heterocycles. The minimum atomic E-state index is -0.997. The van der Waals surface area contributed by atoms with E-state index in [1.54, 1.807) is 6.07 Å². The lowest BCUT2D eigenvalue weighted by atomic mass is 9.98. The average molecular weight is 350 g/mol. The standard InChI is InChI=1S/C20H18N2O4/c1-13-7-5-6-10-15(13)16(11-18(23)24)21-19(25)17-12-26-20(22-17)14-8-3-2-4-9-14/h2-10,12,16H,11H2,1H3,(H,21,25)(H,23,24)/t16-/m0/s1. The maximum atomic E-state index is 12.5. The number of hydrogen-bond donors (Lipinski definition) is 2. The monoisotopic (exact) mass is 350 g/mol. The van der Waals surface area contributed by atoms with E-state index in [4.69, 9.17) is 4.42 Å². The van der Waals surface area contributed by atoms with Gasteiger partial charge >= 0.3 is 5.97 Å². The molecule has 132 valence electrons. The summed E-state index contributed by atoms with van der Waals surface area (Å²) in [5, 5.41) is 11.9. The van der Waals surface area contributed by atoms with Crippen molar-refractivity contribution in [2.45, 2.75) is 19.4 Å². The molecule has 0 saturated heterocycles. The number of hydrogen-bond acceptors (Lipinski definition) is 4. The molecule has 0 spiro atoms. The van der Waals surface area contributed by atoms with Gasteiger partial charge in [0, 0.05) is 5.56 Å². The van der Waals surface area contributed by atoms with Gasteiger partial charge < -0.3 is 14.8 Å². The van der Waals surface area contributed by atoms with Gasteiger partial charge in [-0.1, -0.05) is 42.5 Å². The molecule has 0 fully saturated rings. The largest absolute Gasteiger partial charge is 0.481 e. The van der Waals surface area contributed by atoms with Crippen molar-refractivity contribution >= 4 is 11.9 Å². The van der Waals surface area contributed by atoms with Crippen molar-refractivity contribution in [1.29, 1.82) is 0 Å². The van der Waals surface area contributed by atoms with Crippen LogP contribution in [-0.2, 0) is 4.79 Å². The van der Waals surface area contributed by atoms with E-state index in [2.05, 4.69) is 10.3 Å². The number of oxazole rings is 1. The van der Waals surface area contributed by atoms with E-state index in [1.165, 1.54) is 6.26 Å². The minimum absolute atomic E-state index is 0.104. The van der Waals surface area contributed by atoms with Gasteiger partial charge in [0.1, 0.15) is 6.26 Å². The minimum Gasteiger partial charge on any atom is -0.481 e. The summed E-state index contributed by atoms with van der Waals surface area (Å²) in [6, 6.07) is 15.9. The number of aliphatic carboxylic acids is 1. The van der Waals surface area contributed by atoms with Gasteiger partial charge in [-0.15, -0.1) is 0 Å².